The number of nitrogens with two attached hydrogens (primary N) is 2. The molecular formula is C14H18ClN5O. The fourth-order valence-corrected chi connectivity index (χ4v) is 2.13. The predicted molar refractivity (Wildman–Crippen MR) is 85.2 cm³/mol. The van der Waals surface area contributed by atoms with Crippen molar-refractivity contribution in [1.29, 1.82) is 0 Å². The lowest BCUT2D eigenvalue weighted by atomic mass is 9.95. The summed E-state index contributed by atoms with van der Waals surface area (Å²) in [6.07, 6.45) is -0.609. The Balaban J connectivity index is 2.03. The molecule has 0 amide bonds. The summed E-state index contributed by atoms with van der Waals surface area (Å²) in [4.78, 5) is 7.72. The summed E-state index contributed by atoms with van der Waals surface area (Å²) in [6.45, 7) is 2.22. The van der Waals surface area contributed by atoms with Gasteiger partial charge < -0.3 is 21.9 Å². The molecule has 0 bridgehead atoms. The number of nitrogens with zero attached hydrogens (tertiary/aromatic N) is 2. The van der Waals surface area contributed by atoms with Crippen LogP contribution in [0.1, 0.15) is 18.4 Å². The molecule has 0 saturated carbocycles. The van der Waals surface area contributed by atoms with Gasteiger partial charge in [-0.05, 0) is 5.56 Å². The van der Waals surface area contributed by atoms with Crippen LogP contribution in [0.2, 0.25) is 5.15 Å². The number of aromatic nitrogens is 2. The summed E-state index contributed by atoms with van der Waals surface area (Å²) in [5.74, 6) is 0.323. The van der Waals surface area contributed by atoms with E-state index in [0.29, 0.717) is 5.82 Å². The molecule has 0 saturated heterocycles. The largest absolute Gasteiger partial charge is 0.393 e. The first-order chi connectivity index (χ1) is 9.99. The molecule has 112 valence electrons. The van der Waals surface area contributed by atoms with E-state index in [2.05, 4.69) is 15.3 Å². The number of rotatable bonds is 5. The standard InChI is InChI=1S/C14H18ClN5O/c1-8(9-5-3-2-4-6-9)10(21)7-18-13-11(16)12(15)19-14(17)20-13/h2-6,8,10,21H,7,16H2,1H3,(H3,17,18,19,20). The average Bonchev–Trinajstić information content (AvgIpc) is 2.49. The number of aliphatic hydroxyl groups is 1. The van der Waals surface area contributed by atoms with E-state index in [1.54, 1.807) is 0 Å². The predicted octanol–water partition coefficient (Wildman–Crippen LogP) is 1.87. The maximum Gasteiger partial charge on any atom is 0.223 e. The summed E-state index contributed by atoms with van der Waals surface area (Å²) in [5.41, 5.74) is 12.6. The monoisotopic (exact) mass is 307 g/mol. The molecule has 1 heterocycles. The molecule has 2 unspecified atom stereocenters. The molecule has 6 nitrogen and oxygen atoms in total. The fraction of sp³-hybridized carbons (Fsp3) is 0.286. The number of hydrogen-bond acceptors (Lipinski definition) is 6. The van der Waals surface area contributed by atoms with Gasteiger partial charge in [-0.3, -0.25) is 0 Å². The van der Waals surface area contributed by atoms with Crippen molar-refractivity contribution in [2.45, 2.75) is 18.9 Å². The number of hydrogen-bond donors (Lipinski definition) is 4. The molecule has 1 aromatic heterocycles. The van der Waals surface area contributed by atoms with Crippen LogP contribution in [0.4, 0.5) is 17.5 Å². The number of halogens is 1. The Morgan fingerprint density at radius 1 is 1.24 bits per heavy atom. The minimum Gasteiger partial charge on any atom is -0.393 e. The molecule has 0 aliphatic carbocycles. The molecule has 0 aliphatic heterocycles. The Hall–Kier alpha value is -2.05. The van der Waals surface area contributed by atoms with Gasteiger partial charge in [0.05, 0.1) is 6.10 Å². The van der Waals surface area contributed by atoms with Crippen molar-refractivity contribution in [2.24, 2.45) is 0 Å². The molecule has 2 atom stereocenters. The number of anilines is 3. The zero-order valence-corrected chi connectivity index (χ0v) is 12.4. The van der Waals surface area contributed by atoms with Crippen molar-refractivity contribution in [3.63, 3.8) is 0 Å². The zero-order chi connectivity index (χ0) is 15.4. The van der Waals surface area contributed by atoms with Gasteiger partial charge in [-0.1, -0.05) is 48.9 Å². The van der Waals surface area contributed by atoms with E-state index in [9.17, 15) is 5.11 Å². The van der Waals surface area contributed by atoms with Crippen LogP contribution < -0.4 is 16.8 Å². The highest BCUT2D eigenvalue weighted by molar-refractivity contribution is 6.32. The minimum absolute atomic E-state index is 0.0299. The van der Waals surface area contributed by atoms with Gasteiger partial charge in [0.1, 0.15) is 5.69 Å². The summed E-state index contributed by atoms with van der Waals surface area (Å²) in [7, 11) is 0. The van der Waals surface area contributed by atoms with Crippen LogP contribution in [0, 0.1) is 0 Å². The normalized spacial score (nSPS) is 13.7. The van der Waals surface area contributed by atoms with E-state index in [-0.39, 0.29) is 29.3 Å². The van der Waals surface area contributed by atoms with Crippen molar-refractivity contribution in [3.05, 3.63) is 41.0 Å². The smallest absolute Gasteiger partial charge is 0.223 e. The number of nitrogen functional groups attached to an aromatic ring is 2. The van der Waals surface area contributed by atoms with Crippen LogP contribution >= 0.6 is 11.6 Å². The van der Waals surface area contributed by atoms with Crippen molar-refractivity contribution >= 4 is 29.1 Å². The minimum atomic E-state index is -0.609. The van der Waals surface area contributed by atoms with Gasteiger partial charge in [-0.15, -0.1) is 0 Å². The Labute approximate surface area is 128 Å². The molecule has 0 fully saturated rings. The Morgan fingerprint density at radius 3 is 2.57 bits per heavy atom. The van der Waals surface area contributed by atoms with Crippen molar-refractivity contribution in [2.75, 3.05) is 23.3 Å². The van der Waals surface area contributed by atoms with Crippen LogP contribution in [0.15, 0.2) is 30.3 Å². The number of aliphatic hydroxyl groups excluding tert-OH is 1. The summed E-state index contributed by atoms with van der Waals surface area (Å²) >= 11 is 5.83. The van der Waals surface area contributed by atoms with Crippen LogP contribution in [0.5, 0.6) is 0 Å². The van der Waals surface area contributed by atoms with Gasteiger partial charge in [0.25, 0.3) is 0 Å². The van der Waals surface area contributed by atoms with Gasteiger partial charge in [0, 0.05) is 12.5 Å². The topological polar surface area (TPSA) is 110 Å². The molecule has 2 rings (SSSR count). The highest BCUT2D eigenvalue weighted by Gasteiger charge is 2.17. The SMILES string of the molecule is CC(c1ccccc1)C(O)CNc1nc(N)nc(Cl)c1N. The maximum atomic E-state index is 10.3. The van der Waals surface area contributed by atoms with E-state index in [1.165, 1.54) is 0 Å². The molecule has 7 heteroatoms. The van der Waals surface area contributed by atoms with Crippen LogP contribution in [-0.2, 0) is 0 Å². The maximum absolute atomic E-state index is 10.3. The van der Waals surface area contributed by atoms with E-state index in [4.69, 9.17) is 23.1 Å². The summed E-state index contributed by atoms with van der Waals surface area (Å²) < 4.78 is 0. The number of nitrogens with one attached hydrogen (secondary N) is 1. The van der Waals surface area contributed by atoms with Crippen molar-refractivity contribution in [1.82, 2.24) is 9.97 Å². The third-order valence-corrected chi connectivity index (χ3v) is 3.59. The average molecular weight is 308 g/mol. The van der Waals surface area contributed by atoms with E-state index in [1.807, 2.05) is 37.3 Å². The zero-order valence-electron chi connectivity index (χ0n) is 11.6. The quantitative estimate of drug-likeness (QED) is 0.628. The van der Waals surface area contributed by atoms with E-state index < -0.39 is 6.10 Å². The molecule has 0 aliphatic rings. The number of benzene rings is 1. The first kappa shape index (κ1) is 15.3. The molecule has 2 aromatic rings. The molecule has 1 aromatic carbocycles. The van der Waals surface area contributed by atoms with Gasteiger partial charge >= 0.3 is 0 Å². The van der Waals surface area contributed by atoms with Gasteiger partial charge in [-0.2, -0.15) is 9.97 Å². The lowest BCUT2D eigenvalue weighted by molar-refractivity contribution is 0.162. The third kappa shape index (κ3) is 3.74. The fourth-order valence-electron chi connectivity index (χ4n) is 1.95. The molecular weight excluding hydrogens is 290 g/mol. The molecule has 0 radical (unpaired) electrons. The van der Waals surface area contributed by atoms with Crippen molar-refractivity contribution < 1.29 is 5.11 Å². The Bertz CT molecular complexity index is 608. The van der Waals surface area contributed by atoms with E-state index in [0.717, 1.165) is 5.56 Å². The second-order valence-corrected chi connectivity index (χ2v) is 5.14. The molecule has 0 spiro atoms. The van der Waals surface area contributed by atoms with Crippen LogP contribution in [0.3, 0.4) is 0 Å². The highest BCUT2D eigenvalue weighted by atomic mass is 35.5. The highest BCUT2D eigenvalue weighted by Crippen LogP contribution is 2.25. The van der Waals surface area contributed by atoms with Gasteiger partial charge in [-0.25, -0.2) is 0 Å². The van der Waals surface area contributed by atoms with Gasteiger partial charge in [0.2, 0.25) is 5.95 Å². The second kappa shape index (κ2) is 6.60. The van der Waals surface area contributed by atoms with Crippen LogP contribution in [0.25, 0.3) is 0 Å². The Morgan fingerprint density at radius 2 is 1.90 bits per heavy atom. The van der Waals surface area contributed by atoms with E-state index >= 15 is 0 Å². The summed E-state index contributed by atoms with van der Waals surface area (Å²) in [6, 6.07) is 9.76. The first-order valence-corrected chi connectivity index (χ1v) is 6.92. The van der Waals surface area contributed by atoms with Crippen molar-refractivity contribution in [3.8, 4) is 0 Å². The molecule has 21 heavy (non-hydrogen) atoms. The van der Waals surface area contributed by atoms with Gasteiger partial charge in [0.15, 0.2) is 11.0 Å². The lowest BCUT2D eigenvalue weighted by Gasteiger charge is -2.20. The third-order valence-electron chi connectivity index (χ3n) is 3.30. The first-order valence-electron chi connectivity index (χ1n) is 6.54. The summed E-state index contributed by atoms with van der Waals surface area (Å²) in [5, 5.41) is 13.3. The second-order valence-electron chi connectivity index (χ2n) is 4.78. The lowest BCUT2D eigenvalue weighted by Crippen LogP contribution is -2.26. The van der Waals surface area contributed by atoms with Crippen LogP contribution in [-0.4, -0.2) is 27.7 Å². The molecule has 6 N–H and O–H groups in total. The Kier molecular flexibility index (Phi) is 4.82.